The quantitative estimate of drug-likeness (QED) is 0.179. The van der Waals surface area contributed by atoms with Crippen molar-refractivity contribution >= 4 is 33.5 Å². The highest BCUT2D eigenvalue weighted by Gasteiger charge is 2.42. The lowest BCUT2D eigenvalue weighted by Crippen LogP contribution is -2.26. The molecule has 1 aliphatic heterocycles. The number of pyridine rings is 1. The van der Waals surface area contributed by atoms with Crippen LogP contribution in [0.1, 0.15) is 65.5 Å². The van der Waals surface area contributed by atoms with E-state index < -0.39 is 17.1 Å². The summed E-state index contributed by atoms with van der Waals surface area (Å²) in [7, 11) is 0.388. The fraction of sp³-hybridized carbons (Fsp3) is 0.222. The lowest BCUT2D eigenvalue weighted by Gasteiger charge is -2.27. The van der Waals surface area contributed by atoms with Crippen molar-refractivity contribution in [3.63, 3.8) is 0 Å². The molecule has 6 rings (SSSR count). The van der Waals surface area contributed by atoms with Crippen LogP contribution in [0.4, 0.5) is 10.1 Å². The van der Waals surface area contributed by atoms with Gasteiger partial charge in [-0.1, -0.05) is 86.6 Å². The zero-order valence-electron chi connectivity index (χ0n) is 25.5. The van der Waals surface area contributed by atoms with Crippen LogP contribution in [-0.4, -0.2) is 33.3 Å². The van der Waals surface area contributed by atoms with Gasteiger partial charge < -0.3 is 9.64 Å². The molecule has 2 unspecified atom stereocenters. The zero-order valence-corrected chi connectivity index (χ0v) is 26.3. The number of nitrogens with zero attached hydrogens (tertiary/aromatic N) is 3. The van der Waals surface area contributed by atoms with Crippen molar-refractivity contribution in [2.45, 2.75) is 39.5 Å². The first-order valence-electron chi connectivity index (χ1n) is 14.7. The molecular formula is C36H36FN3O3S. The zero-order chi connectivity index (χ0) is 31.4. The number of fused-ring (bicyclic) bond motifs is 2. The van der Waals surface area contributed by atoms with Crippen molar-refractivity contribution in [1.82, 2.24) is 9.88 Å². The molecular weight excluding hydrogens is 573 g/mol. The molecule has 2 heterocycles. The van der Waals surface area contributed by atoms with E-state index in [1.54, 1.807) is 40.8 Å². The van der Waals surface area contributed by atoms with E-state index >= 15 is 0 Å². The van der Waals surface area contributed by atoms with Crippen molar-refractivity contribution in [3.05, 3.63) is 137 Å². The molecule has 0 bridgehead atoms. The summed E-state index contributed by atoms with van der Waals surface area (Å²) in [6.45, 7) is 6.23. The number of carbonyl (C=O) groups is 1. The van der Waals surface area contributed by atoms with Gasteiger partial charge in [-0.05, 0) is 47.9 Å². The highest BCUT2D eigenvalue weighted by atomic mass is 32.2. The van der Waals surface area contributed by atoms with Crippen LogP contribution in [0.15, 0.2) is 103 Å². The van der Waals surface area contributed by atoms with E-state index in [0.717, 1.165) is 27.6 Å². The summed E-state index contributed by atoms with van der Waals surface area (Å²) in [6.07, 6.45) is 2.77. The van der Waals surface area contributed by atoms with Crippen LogP contribution in [-0.2, 0) is 17.5 Å². The van der Waals surface area contributed by atoms with Crippen LogP contribution < -0.4 is 9.04 Å². The fourth-order valence-corrected chi connectivity index (χ4v) is 6.11. The summed E-state index contributed by atoms with van der Waals surface area (Å²) in [5.41, 5.74) is 4.99. The minimum atomic E-state index is -1.37. The molecule has 0 spiro atoms. The normalized spacial score (nSPS) is 14.7. The lowest BCUT2D eigenvalue weighted by molar-refractivity contribution is 0.0719. The topological polar surface area (TPSA) is 62.7 Å². The number of carbonyl (C=O) groups excluding carboxylic acids is 1. The van der Waals surface area contributed by atoms with Gasteiger partial charge in [0.15, 0.2) is 5.75 Å². The van der Waals surface area contributed by atoms with Crippen LogP contribution in [0, 0.1) is 5.82 Å². The molecule has 44 heavy (non-hydrogen) atoms. The van der Waals surface area contributed by atoms with Crippen LogP contribution in [0.3, 0.4) is 0 Å². The van der Waals surface area contributed by atoms with E-state index in [-0.39, 0.29) is 24.3 Å². The second-order valence-corrected chi connectivity index (χ2v) is 11.7. The maximum Gasteiger partial charge on any atom is 0.258 e. The number of ether oxygens (including phenoxy) is 1. The number of hydrogen-bond acceptors (Lipinski definition) is 4. The molecule has 6 nitrogen and oxygen atoms in total. The molecule has 0 N–H and O–H groups in total. The van der Waals surface area contributed by atoms with Gasteiger partial charge in [0.25, 0.3) is 5.91 Å². The molecule has 1 aromatic heterocycles. The third-order valence-electron chi connectivity index (χ3n) is 7.80. The predicted molar refractivity (Wildman–Crippen MR) is 176 cm³/mol. The van der Waals surface area contributed by atoms with Gasteiger partial charge in [0.05, 0.1) is 17.3 Å². The van der Waals surface area contributed by atoms with Crippen molar-refractivity contribution in [1.29, 1.82) is 0 Å². The maximum absolute atomic E-state index is 14.4. The Morgan fingerprint density at radius 1 is 0.932 bits per heavy atom. The molecule has 2 atom stereocenters. The van der Waals surface area contributed by atoms with Gasteiger partial charge in [-0.25, -0.2) is 8.60 Å². The molecule has 0 fully saturated rings. The first kappa shape index (κ1) is 30.9. The number of rotatable bonds is 8. The molecule has 0 saturated heterocycles. The molecule has 4 aromatic carbocycles. The highest BCUT2D eigenvalue weighted by molar-refractivity contribution is 7.85. The summed E-state index contributed by atoms with van der Waals surface area (Å²) in [5, 5.41) is 0.743. The third kappa shape index (κ3) is 5.82. The second-order valence-electron chi connectivity index (χ2n) is 10.3. The smallest absolute Gasteiger partial charge is 0.258 e. The van der Waals surface area contributed by atoms with E-state index in [1.165, 1.54) is 12.1 Å². The Kier molecular flexibility index (Phi) is 9.40. The maximum atomic E-state index is 14.4. The summed E-state index contributed by atoms with van der Waals surface area (Å²) in [6, 6.07) is 29.3. The largest absolute Gasteiger partial charge is 0.478 e. The number of hydrogen-bond donors (Lipinski definition) is 0. The van der Waals surface area contributed by atoms with Crippen molar-refractivity contribution in [2.75, 3.05) is 17.6 Å². The van der Waals surface area contributed by atoms with E-state index in [0.29, 0.717) is 22.5 Å². The Bertz CT molecular complexity index is 1740. The number of aromatic nitrogens is 1. The Hall–Kier alpha value is -4.56. The first-order valence-corrected chi connectivity index (χ1v) is 16.2. The van der Waals surface area contributed by atoms with E-state index in [4.69, 9.17) is 9.72 Å². The summed E-state index contributed by atoms with van der Waals surface area (Å²) >= 11 is 0. The van der Waals surface area contributed by atoms with Gasteiger partial charge in [0, 0.05) is 37.0 Å². The van der Waals surface area contributed by atoms with Gasteiger partial charge >= 0.3 is 0 Å². The number of amides is 1. The molecule has 0 radical (unpaired) electrons. The first-order chi connectivity index (χ1) is 21.3. The highest BCUT2D eigenvalue weighted by Crippen LogP contribution is 2.50. The molecule has 226 valence electrons. The molecule has 1 aliphatic rings. The average Bonchev–Trinajstić information content (AvgIpc) is 3.30. The van der Waals surface area contributed by atoms with Gasteiger partial charge in [-0.15, -0.1) is 0 Å². The minimum absolute atomic E-state index is 0.221. The minimum Gasteiger partial charge on any atom is -0.478 e. The fourth-order valence-electron chi connectivity index (χ4n) is 5.66. The van der Waals surface area contributed by atoms with Gasteiger partial charge in [0.2, 0.25) is 0 Å². The number of benzene rings is 4. The molecule has 8 heteroatoms. The number of anilines is 1. The van der Waals surface area contributed by atoms with Crippen LogP contribution in [0.25, 0.3) is 10.9 Å². The predicted octanol–water partition coefficient (Wildman–Crippen LogP) is 8.02. The van der Waals surface area contributed by atoms with Crippen molar-refractivity contribution in [2.24, 2.45) is 0 Å². The SMILES string of the molecule is CC.CC1c2c(c(OC(c3ccccc3)c3ccccc3)c3ncccc3c2N(C)S(C)=O)C(=O)N1Cc1ccc(F)cc1. The molecule has 1 amide bonds. The Balaban J connectivity index is 0.00000188. The van der Waals surface area contributed by atoms with E-state index in [2.05, 4.69) is 0 Å². The van der Waals surface area contributed by atoms with Crippen LogP contribution in [0.2, 0.25) is 0 Å². The summed E-state index contributed by atoms with van der Waals surface area (Å²) in [5.74, 6) is -0.172. The Morgan fingerprint density at radius 2 is 1.52 bits per heavy atom. The Labute approximate surface area is 260 Å². The lowest BCUT2D eigenvalue weighted by atomic mass is 9.96. The van der Waals surface area contributed by atoms with E-state index in [9.17, 15) is 13.4 Å². The molecule has 5 aromatic rings. The second kappa shape index (κ2) is 13.4. The molecule has 0 saturated carbocycles. The van der Waals surface area contributed by atoms with Gasteiger partial charge in [0.1, 0.15) is 28.4 Å². The monoisotopic (exact) mass is 609 g/mol. The number of halogens is 1. The summed E-state index contributed by atoms with van der Waals surface area (Å²) < 4.78 is 35.1. The standard InChI is InChI=1S/C34H30FN3O3S.C2H6/c1-22-28-29(34(39)38(22)21-23-16-18-26(35)19-17-23)33(30-27(15-10-20-36-30)31(28)37(2)42(3)40)41-32(24-11-6-4-7-12-24)25-13-8-5-9-14-25;1-2/h4-20,22,32H,21H2,1-3H3;1-2H3. The average molecular weight is 610 g/mol. The molecule has 0 aliphatic carbocycles. The Morgan fingerprint density at radius 3 is 2.09 bits per heavy atom. The van der Waals surface area contributed by atoms with Crippen LogP contribution in [0.5, 0.6) is 5.75 Å². The van der Waals surface area contributed by atoms with Crippen molar-refractivity contribution in [3.8, 4) is 5.75 Å². The van der Waals surface area contributed by atoms with Crippen LogP contribution >= 0.6 is 0 Å². The summed E-state index contributed by atoms with van der Waals surface area (Å²) in [4.78, 5) is 20.9. The van der Waals surface area contributed by atoms with Gasteiger partial charge in [-0.2, -0.15) is 0 Å². The third-order valence-corrected chi connectivity index (χ3v) is 8.75. The van der Waals surface area contributed by atoms with E-state index in [1.807, 2.05) is 93.6 Å². The van der Waals surface area contributed by atoms with Crippen molar-refractivity contribution < 1.29 is 18.1 Å². The van der Waals surface area contributed by atoms with Gasteiger partial charge in [-0.3, -0.25) is 14.1 Å².